The molecule has 2 aromatic rings. The second-order valence-corrected chi connectivity index (χ2v) is 6.33. The van der Waals surface area contributed by atoms with Gasteiger partial charge in [-0.3, -0.25) is 4.79 Å². The molecule has 7 heteroatoms. The number of nitrogens with one attached hydrogen (secondary N) is 2. The molecule has 6 nitrogen and oxygen atoms in total. The van der Waals surface area contributed by atoms with Gasteiger partial charge in [-0.2, -0.15) is 5.26 Å². The summed E-state index contributed by atoms with van der Waals surface area (Å²) >= 11 is 5.84. The molecule has 1 aliphatic heterocycles. The number of nitrogens with zero attached hydrogens (tertiary/aromatic N) is 2. The van der Waals surface area contributed by atoms with Crippen LogP contribution in [-0.4, -0.2) is 32.2 Å². The zero-order chi connectivity index (χ0) is 19.1. The lowest BCUT2D eigenvalue weighted by Crippen LogP contribution is -2.36. The lowest BCUT2D eigenvalue weighted by Gasteiger charge is -2.30. The lowest BCUT2D eigenvalue weighted by atomic mass is 10.2. The summed E-state index contributed by atoms with van der Waals surface area (Å²) in [4.78, 5) is 14.5. The number of carbonyl (C=O) groups excluding carboxylic acids is 1. The summed E-state index contributed by atoms with van der Waals surface area (Å²) in [5.41, 5.74) is 2.37. The SMILES string of the molecule is N#C/C(=C/Nc1ccccc1N1CCOCC1)C(=O)Nc1ccc(Cl)cc1. The Bertz CT molecular complexity index is 868. The predicted molar refractivity (Wildman–Crippen MR) is 107 cm³/mol. The van der Waals surface area contributed by atoms with Gasteiger partial charge < -0.3 is 20.3 Å². The highest BCUT2D eigenvalue weighted by Crippen LogP contribution is 2.26. The summed E-state index contributed by atoms with van der Waals surface area (Å²) in [6, 6.07) is 16.4. The van der Waals surface area contributed by atoms with E-state index in [1.807, 2.05) is 30.3 Å². The van der Waals surface area contributed by atoms with E-state index in [9.17, 15) is 10.1 Å². The highest BCUT2D eigenvalue weighted by atomic mass is 35.5. The van der Waals surface area contributed by atoms with Crippen molar-refractivity contribution < 1.29 is 9.53 Å². The van der Waals surface area contributed by atoms with Gasteiger partial charge in [0.1, 0.15) is 11.6 Å². The first-order valence-corrected chi connectivity index (χ1v) is 8.90. The van der Waals surface area contributed by atoms with Crippen LogP contribution in [0.4, 0.5) is 17.1 Å². The van der Waals surface area contributed by atoms with Gasteiger partial charge in [0.05, 0.1) is 24.6 Å². The molecular weight excluding hydrogens is 364 g/mol. The van der Waals surface area contributed by atoms with E-state index in [4.69, 9.17) is 16.3 Å². The van der Waals surface area contributed by atoms with Crippen molar-refractivity contribution in [2.45, 2.75) is 0 Å². The van der Waals surface area contributed by atoms with E-state index in [0.29, 0.717) is 23.9 Å². The molecule has 27 heavy (non-hydrogen) atoms. The minimum Gasteiger partial charge on any atom is -0.378 e. The molecular formula is C20H19ClN4O2. The molecule has 1 saturated heterocycles. The predicted octanol–water partition coefficient (Wildman–Crippen LogP) is 3.63. The fourth-order valence-corrected chi connectivity index (χ4v) is 2.83. The molecule has 0 unspecified atom stereocenters. The third-order valence-electron chi connectivity index (χ3n) is 4.09. The van der Waals surface area contributed by atoms with Crippen molar-refractivity contribution in [3.8, 4) is 6.07 Å². The Labute approximate surface area is 163 Å². The number of ether oxygens (including phenoxy) is 1. The van der Waals surface area contributed by atoms with E-state index in [2.05, 4.69) is 15.5 Å². The number of anilines is 3. The fourth-order valence-electron chi connectivity index (χ4n) is 2.71. The van der Waals surface area contributed by atoms with Crippen molar-refractivity contribution in [1.82, 2.24) is 0 Å². The number of hydrogen-bond acceptors (Lipinski definition) is 5. The van der Waals surface area contributed by atoms with Crippen LogP contribution < -0.4 is 15.5 Å². The Morgan fingerprint density at radius 3 is 2.56 bits per heavy atom. The molecule has 0 saturated carbocycles. The highest BCUT2D eigenvalue weighted by Gasteiger charge is 2.15. The van der Waals surface area contributed by atoms with Crippen molar-refractivity contribution in [3.63, 3.8) is 0 Å². The van der Waals surface area contributed by atoms with E-state index >= 15 is 0 Å². The first-order valence-electron chi connectivity index (χ1n) is 8.53. The Morgan fingerprint density at radius 1 is 1.15 bits per heavy atom. The number of para-hydroxylation sites is 2. The average molecular weight is 383 g/mol. The molecule has 1 fully saturated rings. The molecule has 2 aromatic carbocycles. The largest absolute Gasteiger partial charge is 0.378 e. The van der Waals surface area contributed by atoms with Gasteiger partial charge in [0.25, 0.3) is 5.91 Å². The Morgan fingerprint density at radius 2 is 1.85 bits per heavy atom. The molecule has 0 aliphatic carbocycles. The van der Waals surface area contributed by atoms with Crippen LogP contribution in [-0.2, 0) is 9.53 Å². The minimum atomic E-state index is -0.490. The van der Waals surface area contributed by atoms with E-state index in [-0.39, 0.29) is 5.57 Å². The van der Waals surface area contributed by atoms with E-state index in [1.54, 1.807) is 24.3 Å². The topological polar surface area (TPSA) is 77.4 Å². The summed E-state index contributed by atoms with van der Waals surface area (Å²) in [5.74, 6) is -0.490. The molecule has 0 atom stereocenters. The molecule has 0 bridgehead atoms. The first kappa shape index (κ1) is 18.8. The Kier molecular flexibility index (Phi) is 6.31. The highest BCUT2D eigenvalue weighted by molar-refractivity contribution is 6.30. The van der Waals surface area contributed by atoms with E-state index < -0.39 is 5.91 Å². The molecule has 2 N–H and O–H groups in total. The van der Waals surface area contributed by atoms with Crippen molar-refractivity contribution in [1.29, 1.82) is 5.26 Å². The van der Waals surface area contributed by atoms with Gasteiger partial charge in [-0.05, 0) is 36.4 Å². The van der Waals surface area contributed by atoms with Gasteiger partial charge in [-0.1, -0.05) is 23.7 Å². The van der Waals surface area contributed by atoms with Crippen LogP contribution in [0.25, 0.3) is 0 Å². The van der Waals surface area contributed by atoms with Gasteiger partial charge in [-0.25, -0.2) is 0 Å². The molecule has 1 heterocycles. The van der Waals surface area contributed by atoms with Crippen LogP contribution in [0.1, 0.15) is 0 Å². The Hall–Kier alpha value is -3.01. The zero-order valence-corrected chi connectivity index (χ0v) is 15.4. The number of benzene rings is 2. The fraction of sp³-hybridized carbons (Fsp3) is 0.200. The lowest BCUT2D eigenvalue weighted by molar-refractivity contribution is -0.112. The molecule has 138 valence electrons. The number of rotatable bonds is 5. The molecule has 1 amide bonds. The monoisotopic (exact) mass is 382 g/mol. The molecule has 3 rings (SSSR count). The number of hydrogen-bond donors (Lipinski definition) is 2. The number of nitriles is 1. The van der Waals surface area contributed by atoms with Gasteiger partial charge in [-0.15, -0.1) is 0 Å². The minimum absolute atomic E-state index is 0.0262. The van der Waals surface area contributed by atoms with Crippen LogP contribution in [0.15, 0.2) is 60.3 Å². The average Bonchev–Trinajstić information content (AvgIpc) is 2.71. The second kappa shape index (κ2) is 9.08. The summed E-state index contributed by atoms with van der Waals surface area (Å²) in [6.07, 6.45) is 1.42. The van der Waals surface area contributed by atoms with Crippen LogP contribution in [0.2, 0.25) is 5.02 Å². The quantitative estimate of drug-likeness (QED) is 0.610. The van der Waals surface area contributed by atoms with Crippen LogP contribution >= 0.6 is 11.6 Å². The summed E-state index contributed by atoms with van der Waals surface area (Å²) in [5, 5.41) is 15.7. The van der Waals surface area contributed by atoms with E-state index in [0.717, 1.165) is 24.5 Å². The van der Waals surface area contributed by atoms with Crippen LogP contribution in [0.5, 0.6) is 0 Å². The third kappa shape index (κ3) is 5.00. The molecule has 0 aromatic heterocycles. The smallest absolute Gasteiger partial charge is 0.267 e. The maximum absolute atomic E-state index is 12.3. The summed E-state index contributed by atoms with van der Waals surface area (Å²) in [7, 11) is 0. The second-order valence-electron chi connectivity index (χ2n) is 5.89. The first-order chi connectivity index (χ1) is 13.2. The number of carbonyl (C=O) groups is 1. The van der Waals surface area contributed by atoms with E-state index in [1.165, 1.54) is 6.20 Å². The molecule has 0 spiro atoms. The van der Waals surface area contributed by atoms with Crippen molar-refractivity contribution >= 4 is 34.6 Å². The maximum Gasteiger partial charge on any atom is 0.267 e. The summed E-state index contributed by atoms with van der Waals surface area (Å²) in [6.45, 7) is 2.95. The van der Waals surface area contributed by atoms with Gasteiger partial charge >= 0.3 is 0 Å². The Balaban J connectivity index is 1.72. The van der Waals surface area contributed by atoms with Crippen LogP contribution in [0.3, 0.4) is 0 Å². The van der Waals surface area contributed by atoms with Crippen molar-refractivity contribution in [2.24, 2.45) is 0 Å². The summed E-state index contributed by atoms with van der Waals surface area (Å²) < 4.78 is 5.39. The normalized spacial score (nSPS) is 14.4. The molecule has 0 radical (unpaired) electrons. The van der Waals surface area contributed by atoms with Gasteiger partial charge in [0.2, 0.25) is 0 Å². The number of amides is 1. The number of morpholine rings is 1. The standard InChI is InChI=1S/C20H19ClN4O2/c21-16-5-7-17(8-6-16)24-20(26)15(13-22)14-23-18-3-1-2-4-19(18)25-9-11-27-12-10-25/h1-8,14,23H,9-12H2,(H,24,26)/b15-14-. The van der Waals surface area contributed by atoms with Gasteiger partial charge in [0.15, 0.2) is 0 Å². The van der Waals surface area contributed by atoms with Crippen molar-refractivity contribution in [2.75, 3.05) is 41.8 Å². The van der Waals surface area contributed by atoms with Gasteiger partial charge in [0, 0.05) is 30.0 Å². The van der Waals surface area contributed by atoms with Crippen LogP contribution in [0, 0.1) is 11.3 Å². The zero-order valence-electron chi connectivity index (χ0n) is 14.6. The molecule has 1 aliphatic rings. The maximum atomic E-state index is 12.3. The number of halogens is 1. The third-order valence-corrected chi connectivity index (χ3v) is 4.35. The van der Waals surface area contributed by atoms with Crippen molar-refractivity contribution in [3.05, 3.63) is 65.3 Å².